The minimum absolute atomic E-state index is 0.00575. The third kappa shape index (κ3) is 5.06. The summed E-state index contributed by atoms with van der Waals surface area (Å²) in [6, 6.07) is 11.7. The lowest BCUT2D eigenvalue weighted by molar-refractivity contribution is -0.385. The predicted octanol–water partition coefficient (Wildman–Crippen LogP) is 3.54. The van der Waals surface area contributed by atoms with Crippen molar-refractivity contribution in [2.24, 2.45) is 0 Å². The summed E-state index contributed by atoms with van der Waals surface area (Å²) in [7, 11) is -2.17. The summed E-state index contributed by atoms with van der Waals surface area (Å²) in [6.45, 7) is 4.04. The highest BCUT2D eigenvalue weighted by Crippen LogP contribution is 2.28. The standard InChI is InChI=1S/C22H24N4O5S2/c1-16-3-6-19(26(27)28)13-21(16)33(29,30)25-11-9-24(10-12-25)14-18-15-32-22(23-18)17-4-7-20(31-2)8-5-17/h3-8,13,15H,9-12,14H2,1-2H3. The summed E-state index contributed by atoms with van der Waals surface area (Å²) < 4.78 is 32.8. The fourth-order valence-electron chi connectivity index (χ4n) is 3.72. The highest BCUT2D eigenvalue weighted by molar-refractivity contribution is 7.89. The molecule has 0 bridgehead atoms. The number of hydrogen-bond donors (Lipinski definition) is 0. The van der Waals surface area contributed by atoms with Gasteiger partial charge >= 0.3 is 0 Å². The highest BCUT2D eigenvalue weighted by atomic mass is 32.2. The predicted molar refractivity (Wildman–Crippen MR) is 126 cm³/mol. The van der Waals surface area contributed by atoms with Gasteiger partial charge in [0.1, 0.15) is 10.8 Å². The molecule has 4 rings (SSSR count). The molecule has 0 unspecified atom stereocenters. The van der Waals surface area contributed by atoms with E-state index in [1.165, 1.54) is 16.4 Å². The van der Waals surface area contributed by atoms with Gasteiger partial charge in [0, 0.05) is 55.8 Å². The lowest BCUT2D eigenvalue weighted by Crippen LogP contribution is -2.48. The van der Waals surface area contributed by atoms with Gasteiger partial charge in [-0.05, 0) is 36.8 Å². The first-order chi connectivity index (χ1) is 15.8. The molecule has 174 valence electrons. The van der Waals surface area contributed by atoms with Crippen LogP contribution in [0.2, 0.25) is 0 Å². The van der Waals surface area contributed by atoms with E-state index >= 15 is 0 Å². The van der Waals surface area contributed by atoms with Crippen LogP contribution < -0.4 is 4.74 Å². The lowest BCUT2D eigenvalue weighted by Gasteiger charge is -2.33. The van der Waals surface area contributed by atoms with Crippen molar-refractivity contribution in [1.82, 2.24) is 14.2 Å². The molecular formula is C22H24N4O5S2. The van der Waals surface area contributed by atoms with E-state index in [2.05, 4.69) is 4.90 Å². The molecule has 2 aromatic carbocycles. The van der Waals surface area contributed by atoms with E-state index in [1.54, 1.807) is 25.4 Å². The molecule has 1 aliphatic rings. The largest absolute Gasteiger partial charge is 0.497 e. The van der Waals surface area contributed by atoms with Crippen LogP contribution >= 0.6 is 11.3 Å². The summed E-state index contributed by atoms with van der Waals surface area (Å²) in [5.74, 6) is 0.795. The minimum Gasteiger partial charge on any atom is -0.497 e. The van der Waals surface area contributed by atoms with Crippen LogP contribution in [-0.2, 0) is 16.6 Å². The number of benzene rings is 2. The Kier molecular flexibility index (Phi) is 6.75. The van der Waals surface area contributed by atoms with E-state index < -0.39 is 14.9 Å². The van der Waals surface area contributed by atoms with Crippen molar-refractivity contribution in [1.29, 1.82) is 0 Å². The summed E-state index contributed by atoms with van der Waals surface area (Å²) in [5.41, 5.74) is 2.23. The van der Waals surface area contributed by atoms with Gasteiger partial charge in [-0.3, -0.25) is 15.0 Å². The SMILES string of the molecule is COc1ccc(-c2nc(CN3CCN(S(=O)(=O)c4cc([N+](=O)[O-])ccc4C)CC3)cs2)cc1. The van der Waals surface area contributed by atoms with Crippen LogP contribution in [0.15, 0.2) is 52.7 Å². The topological polar surface area (TPSA) is 106 Å². The second-order valence-corrected chi connectivity index (χ2v) is 10.5. The lowest BCUT2D eigenvalue weighted by atomic mass is 10.2. The number of thiazole rings is 1. The Balaban J connectivity index is 1.40. The number of ether oxygens (including phenoxy) is 1. The molecule has 33 heavy (non-hydrogen) atoms. The first-order valence-electron chi connectivity index (χ1n) is 10.3. The number of nitrogens with zero attached hydrogens (tertiary/aromatic N) is 4. The zero-order valence-corrected chi connectivity index (χ0v) is 19.9. The molecule has 1 fully saturated rings. The van der Waals surface area contributed by atoms with Gasteiger partial charge in [0.05, 0.1) is 22.6 Å². The third-order valence-electron chi connectivity index (χ3n) is 5.61. The second-order valence-electron chi connectivity index (χ2n) is 7.76. The molecule has 3 aromatic rings. The van der Waals surface area contributed by atoms with Crippen LogP contribution in [0.1, 0.15) is 11.3 Å². The van der Waals surface area contributed by atoms with Gasteiger partial charge in [0.25, 0.3) is 5.69 Å². The van der Waals surface area contributed by atoms with Crippen molar-refractivity contribution in [3.05, 3.63) is 69.2 Å². The normalized spacial score (nSPS) is 15.5. The average molecular weight is 489 g/mol. The van der Waals surface area contributed by atoms with E-state index in [0.717, 1.165) is 28.1 Å². The molecule has 0 atom stereocenters. The van der Waals surface area contributed by atoms with E-state index in [-0.39, 0.29) is 10.6 Å². The number of methoxy groups -OCH3 is 1. The Morgan fingerprint density at radius 1 is 1.12 bits per heavy atom. The zero-order chi connectivity index (χ0) is 23.6. The molecule has 2 heterocycles. The Morgan fingerprint density at radius 2 is 1.82 bits per heavy atom. The number of aryl methyl sites for hydroxylation is 1. The molecule has 0 aliphatic carbocycles. The quantitative estimate of drug-likeness (QED) is 0.370. The van der Waals surface area contributed by atoms with Crippen LogP contribution in [-0.4, -0.2) is 60.8 Å². The zero-order valence-electron chi connectivity index (χ0n) is 18.3. The summed E-state index contributed by atoms with van der Waals surface area (Å²) in [6.07, 6.45) is 0. The Labute approximate surface area is 196 Å². The van der Waals surface area contributed by atoms with E-state index in [4.69, 9.17) is 9.72 Å². The van der Waals surface area contributed by atoms with Crippen LogP contribution in [0.25, 0.3) is 10.6 Å². The van der Waals surface area contributed by atoms with E-state index in [1.807, 2.05) is 29.6 Å². The number of nitro benzene ring substituents is 1. The van der Waals surface area contributed by atoms with Crippen molar-refractivity contribution in [3.63, 3.8) is 0 Å². The molecular weight excluding hydrogens is 464 g/mol. The Morgan fingerprint density at radius 3 is 2.45 bits per heavy atom. The third-order valence-corrected chi connectivity index (χ3v) is 8.59. The van der Waals surface area contributed by atoms with E-state index in [0.29, 0.717) is 38.3 Å². The van der Waals surface area contributed by atoms with Crippen molar-refractivity contribution in [3.8, 4) is 16.3 Å². The molecule has 1 aromatic heterocycles. The summed E-state index contributed by atoms with van der Waals surface area (Å²) in [4.78, 5) is 17.4. The fraction of sp³-hybridized carbons (Fsp3) is 0.318. The summed E-state index contributed by atoms with van der Waals surface area (Å²) >= 11 is 1.57. The van der Waals surface area contributed by atoms with Crippen LogP contribution in [0, 0.1) is 17.0 Å². The Hall–Kier alpha value is -2.86. The summed E-state index contributed by atoms with van der Waals surface area (Å²) in [5, 5.41) is 14.0. The molecule has 0 saturated carbocycles. The van der Waals surface area contributed by atoms with Crippen LogP contribution in [0.4, 0.5) is 5.69 Å². The van der Waals surface area contributed by atoms with Crippen LogP contribution in [0.5, 0.6) is 5.75 Å². The molecule has 0 spiro atoms. The van der Waals surface area contributed by atoms with Gasteiger partial charge in [-0.15, -0.1) is 11.3 Å². The minimum atomic E-state index is -3.80. The van der Waals surface area contributed by atoms with Crippen LogP contribution in [0.3, 0.4) is 0 Å². The van der Waals surface area contributed by atoms with Gasteiger partial charge in [-0.25, -0.2) is 13.4 Å². The van der Waals surface area contributed by atoms with Gasteiger partial charge < -0.3 is 4.74 Å². The van der Waals surface area contributed by atoms with Crippen molar-refractivity contribution in [2.45, 2.75) is 18.4 Å². The molecule has 11 heteroatoms. The van der Waals surface area contributed by atoms with Crippen molar-refractivity contribution < 1.29 is 18.1 Å². The Bertz CT molecular complexity index is 1250. The molecule has 1 saturated heterocycles. The number of sulfonamides is 1. The number of piperazine rings is 1. The first-order valence-corrected chi connectivity index (χ1v) is 12.7. The van der Waals surface area contributed by atoms with Crippen molar-refractivity contribution >= 4 is 27.0 Å². The maximum absolute atomic E-state index is 13.1. The number of nitro groups is 1. The van der Waals surface area contributed by atoms with Crippen molar-refractivity contribution in [2.75, 3.05) is 33.3 Å². The van der Waals surface area contributed by atoms with Gasteiger partial charge in [-0.1, -0.05) is 6.07 Å². The molecule has 1 aliphatic heterocycles. The average Bonchev–Trinajstić information content (AvgIpc) is 3.28. The smallest absolute Gasteiger partial charge is 0.270 e. The molecule has 0 radical (unpaired) electrons. The monoisotopic (exact) mass is 488 g/mol. The maximum atomic E-state index is 13.1. The number of hydrogen-bond acceptors (Lipinski definition) is 8. The second kappa shape index (κ2) is 9.56. The van der Waals surface area contributed by atoms with Gasteiger partial charge in [0.15, 0.2) is 0 Å². The van der Waals surface area contributed by atoms with Gasteiger partial charge in [-0.2, -0.15) is 4.31 Å². The fourth-order valence-corrected chi connectivity index (χ4v) is 6.21. The molecule has 0 amide bonds. The number of aromatic nitrogens is 1. The number of non-ortho nitro benzene ring substituents is 1. The molecule has 9 nitrogen and oxygen atoms in total. The maximum Gasteiger partial charge on any atom is 0.270 e. The molecule has 0 N–H and O–H groups in total. The number of rotatable bonds is 7. The van der Waals surface area contributed by atoms with E-state index in [9.17, 15) is 18.5 Å². The highest BCUT2D eigenvalue weighted by Gasteiger charge is 2.31. The first kappa shape index (κ1) is 23.3. The van der Waals surface area contributed by atoms with Gasteiger partial charge in [0.2, 0.25) is 10.0 Å².